The summed E-state index contributed by atoms with van der Waals surface area (Å²) in [4.78, 5) is 12.1. The molecule has 1 amide bonds. The van der Waals surface area contributed by atoms with Gasteiger partial charge in [-0.05, 0) is 23.3 Å². The van der Waals surface area contributed by atoms with Crippen molar-refractivity contribution in [2.24, 2.45) is 0 Å². The molecule has 0 saturated heterocycles. The normalized spacial score (nSPS) is 20.5. The minimum absolute atomic E-state index is 0.172. The van der Waals surface area contributed by atoms with E-state index in [1.54, 1.807) is 0 Å². The Labute approximate surface area is 120 Å². The number of carbonyl (C=O) groups is 1. The highest BCUT2D eigenvalue weighted by molar-refractivity contribution is 6.29. The van der Waals surface area contributed by atoms with Gasteiger partial charge in [0.1, 0.15) is 0 Å². The third-order valence-electron chi connectivity index (χ3n) is 3.36. The van der Waals surface area contributed by atoms with Crippen molar-refractivity contribution in [1.82, 2.24) is 15.5 Å². The van der Waals surface area contributed by atoms with Crippen molar-refractivity contribution in [1.29, 1.82) is 0 Å². The summed E-state index contributed by atoms with van der Waals surface area (Å²) in [7, 11) is 0. The van der Waals surface area contributed by atoms with Gasteiger partial charge in [-0.3, -0.25) is 4.79 Å². The first-order valence-corrected chi connectivity index (χ1v) is 6.59. The minimum Gasteiger partial charge on any atom is -0.390 e. The number of aromatic nitrogens is 2. The number of rotatable bonds is 2. The summed E-state index contributed by atoms with van der Waals surface area (Å²) in [6.45, 7) is 0. The topological polar surface area (TPSA) is 75.1 Å². The fourth-order valence-corrected chi connectivity index (χ4v) is 2.50. The lowest BCUT2D eigenvalue weighted by Crippen LogP contribution is -2.34. The van der Waals surface area contributed by atoms with Crippen LogP contribution in [0.25, 0.3) is 0 Å². The van der Waals surface area contributed by atoms with Crippen molar-refractivity contribution >= 4 is 17.5 Å². The van der Waals surface area contributed by atoms with E-state index in [9.17, 15) is 9.90 Å². The molecule has 2 aromatic rings. The second-order valence-corrected chi connectivity index (χ2v) is 5.05. The van der Waals surface area contributed by atoms with E-state index in [1.165, 1.54) is 12.1 Å². The molecule has 0 fully saturated rings. The van der Waals surface area contributed by atoms with Crippen LogP contribution < -0.4 is 5.32 Å². The number of nitrogens with zero attached hydrogens (tertiary/aromatic N) is 2. The van der Waals surface area contributed by atoms with Crippen LogP contribution in [0.2, 0.25) is 5.15 Å². The summed E-state index contributed by atoms with van der Waals surface area (Å²) in [6, 6.07) is 10.2. The second-order valence-electron chi connectivity index (χ2n) is 4.66. The van der Waals surface area contributed by atoms with Gasteiger partial charge >= 0.3 is 0 Å². The highest BCUT2D eigenvalue weighted by Crippen LogP contribution is 2.31. The van der Waals surface area contributed by atoms with Crippen LogP contribution in [0.5, 0.6) is 0 Å². The standard InChI is InChI=1S/C14H12ClN3O2/c15-12-6-5-10(17-18-12)14(20)16-13-9-4-2-1-3-8(9)7-11(13)19/h1-6,11,13,19H,7H2,(H,16,20)/t11-,13+/m1/s1. The predicted octanol–water partition coefficient (Wildman–Crippen LogP) is 1.52. The Morgan fingerprint density at radius 2 is 2.05 bits per heavy atom. The van der Waals surface area contributed by atoms with Gasteiger partial charge in [-0.2, -0.15) is 0 Å². The van der Waals surface area contributed by atoms with Gasteiger partial charge in [-0.25, -0.2) is 0 Å². The number of halogens is 1. The first-order valence-electron chi connectivity index (χ1n) is 6.21. The van der Waals surface area contributed by atoms with E-state index in [2.05, 4.69) is 15.5 Å². The Hall–Kier alpha value is -1.98. The molecule has 0 radical (unpaired) electrons. The fourth-order valence-electron chi connectivity index (χ4n) is 2.40. The molecule has 0 aliphatic heterocycles. The molecule has 1 aromatic heterocycles. The van der Waals surface area contributed by atoms with E-state index in [1.807, 2.05) is 24.3 Å². The Bertz CT molecular complexity index is 645. The SMILES string of the molecule is O=C(N[C@H]1c2ccccc2C[C@H]1O)c1ccc(Cl)nn1. The molecule has 0 unspecified atom stereocenters. The van der Waals surface area contributed by atoms with Crippen molar-refractivity contribution < 1.29 is 9.90 Å². The van der Waals surface area contributed by atoms with Crippen molar-refractivity contribution in [2.45, 2.75) is 18.6 Å². The van der Waals surface area contributed by atoms with Crippen LogP contribution in [0.4, 0.5) is 0 Å². The average molecular weight is 290 g/mol. The lowest BCUT2D eigenvalue weighted by atomic mass is 10.1. The van der Waals surface area contributed by atoms with Gasteiger partial charge in [-0.15, -0.1) is 10.2 Å². The summed E-state index contributed by atoms with van der Waals surface area (Å²) in [5, 5.41) is 20.4. The third-order valence-corrected chi connectivity index (χ3v) is 3.56. The van der Waals surface area contributed by atoms with Crippen LogP contribution in [0.1, 0.15) is 27.7 Å². The molecule has 0 bridgehead atoms. The van der Waals surface area contributed by atoms with Gasteiger partial charge in [0.15, 0.2) is 10.8 Å². The number of fused-ring (bicyclic) bond motifs is 1. The molecular formula is C14H12ClN3O2. The second kappa shape index (κ2) is 5.19. The molecule has 3 rings (SSSR count). The summed E-state index contributed by atoms with van der Waals surface area (Å²) >= 11 is 5.63. The van der Waals surface area contributed by atoms with E-state index in [0.29, 0.717) is 6.42 Å². The van der Waals surface area contributed by atoms with Crippen LogP contribution in [-0.2, 0) is 6.42 Å². The Morgan fingerprint density at radius 1 is 1.25 bits per heavy atom. The largest absolute Gasteiger partial charge is 0.390 e. The molecule has 6 heteroatoms. The number of aliphatic hydroxyl groups excluding tert-OH is 1. The number of aliphatic hydroxyl groups is 1. The molecule has 1 aliphatic carbocycles. The number of benzene rings is 1. The summed E-state index contributed by atoms with van der Waals surface area (Å²) < 4.78 is 0. The van der Waals surface area contributed by atoms with Gasteiger partial charge in [0.25, 0.3) is 5.91 Å². The van der Waals surface area contributed by atoms with Crippen molar-refractivity contribution in [3.8, 4) is 0 Å². The summed E-state index contributed by atoms with van der Waals surface area (Å²) in [5.41, 5.74) is 2.16. The summed E-state index contributed by atoms with van der Waals surface area (Å²) in [5.74, 6) is -0.380. The monoisotopic (exact) mass is 289 g/mol. The zero-order chi connectivity index (χ0) is 14.1. The Kier molecular flexibility index (Phi) is 3.38. The molecule has 0 saturated carbocycles. The van der Waals surface area contributed by atoms with Crippen LogP contribution in [0.3, 0.4) is 0 Å². The Morgan fingerprint density at radius 3 is 2.80 bits per heavy atom. The van der Waals surface area contributed by atoms with Crippen LogP contribution in [0, 0.1) is 0 Å². The van der Waals surface area contributed by atoms with Crippen LogP contribution >= 0.6 is 11.6 Å². The smallest absolute Gasteiger partial charge is 0.272 e. The van der Waals surface area contributed by atoms with E-state index in [4.69, 9.17) is 11.6 Å². The van der Waals surface area contributed by atoms with E-state index in [-0.39, 0.29) is 16.8 Å². The summed E-state index contributed by atoms with van der Waals surface area (Å²) in [6.07, 6.45) is -0.0930. The Balaban J connectivity index is 1.81. The van der Waals surface area contributed by atoms with Crippen molar-refractivity contribution in [3.05, 3.63) is 58.4 Å². The van der Waals surface area contributed by atoms with Gasteiger partial charge in [-0.1, -0.05) is 35.9 Å². The quantitative estimate of drug-likeness (QED) is 0.879. The molecule has 20 heavy (non-hydrogen) atoms. The lowest BCUT2D eigenvalue weighted by Gasteiger charge is -2.17. The molecule has 1 heterocycles. The van der Waals surface area contributed by atoms with Crippen molar-refractivity contribution in [3.63, 3.8) is 0 Å². The van der Waals surface area contributed by atoms with E-state index in [0.717, 1.165) is 11.1 Å². The molecule has 1 aliphatic rings. The first kappa shape index (κ1) is 13.0. The highest BCUT2D eigenvalue weighted by Gasteiger charge is 2.32. The molecule has 2 atom stereocenters. The maximum Gasteiger partial charge on any atom is 0.272 e. The maximum absolute atomic E-state index is 12.1. The number of hydrogen-bond acceptors (Lipinski definition) is 4. The molecule has 102 valence electrons. The van der Waals surface area contributed by atoms with E-state index >= 15 is 0 Å². The first-order chi connectivity index (χ1) is 9.65. The molecule has 1 aromatic carbocycles. The van der Waals surface area contributed by atoms with E-state index < -0.39 is 12.1 Å². The lowest BCUT2D eigenvalue weighted by molar-refractivity contribution is 0.0852. The predicted molar refractivity (Wildman–Crippen MR) is 73.4 cm³/mol. The molecule has 5 nitrogen and oxygen atoms in total. The number of hydrogen-bond donors (Lipinski definition) is 2. The molecule has 0 spiro atoms. The zero-order valence-electron chi connectivity index (χ0n) is 10.5. The third kappa shape index (κ3) is 2.37. The number of nitrogens with one attached hydrogen (secondary N) is 1. The number of amides is 1. The minimum atomic E-state index is -0.628. The van der Waals surface area contributed by atoms with Crippen LogP contribution in [-0.4, -0.2) is 27.3 Å². The average Bonchev–Trinajstić information content (AvgIpc) is 2.76. The maximum atomic E-state index is 12.1. The van der Waals surface area contributed by atoms with Gasteiger partial charge < -0.3 is 10.4 Å². The van der Waals surface area contributed by atoms with Gasteiger partial charge in [0.05, 0.1) is 12.1 Å². The fraction of sp³-hybridized carbons (Fsp3) is 0.214. The number of carbonyl (C=O) groups excluding carboxylic acids is 1. The van der Waals surface area contributed by atoms with Gasteiger partial charge in [0, 0.05) is 6.42 Å². The molecular weight excluding hydrogens is 278 g/mol. The highest BCUT2D eigenvalue weighted by atomic mass is 35.5. The zero-order valence-corrected chi connectivity index (χ0v) is 11.2. The van der Waals surface area contributed by atoms with Crippen molar-refractivity contribution in [2.75, 3.05) is 0 Å². The molecule has 2 N–H and O–H groups in total. The van der Waals surface area contributed by atoms with Gasteiger partial charge in [0.2, 0.25) is 0 Å². The van der Waals surface area contributed by atoms with Crippen LogP contribution in [0.15, 0.2) is 36.4 Å².